The van der Waals surface area contributed by atoms with Crippen LogP contribution < -0.4 is 10.6 Å². The van der Waals surface area contributed by atoms with Gasteiger partial charge in [-0.15, -0.1) is 0 Å². The van der Waals surface area contributed by atoms with Gasteiger partial charge in [-0.3, -0.25) is 9.56 Å². The molecular weight excluding hydrogens is 252 g/mol. The molecular formula is C12H21F2N5. The molecule has 108 valence electrons. The van der Waals surface area contributed by atoms with Crippen molar-refractivity contribution in [1.29, 1.82) is 0 Å². The van der Waals surface area contributed by atoms with Gasteiger partial charge in [0.2, 0.25) is 0 Å². The first-order valence-electron chi connectivity index (χ1n) is 6.43. The predicted octanol–water partition coefficient (Wildman–Crippen LogP) is 2.13. The molecule has 2 N–H and O–H groups in total. The zero-order valence-electron chi connectivity index (χ0n) is 11.4. The van der Waals surface area contributed by atoms with E-state index < -0.39 is 6.55 Å². The Morgan fingerprint density at radius 2 is 2.21 bits per heavy atom. The minimum atomic E-state index is -2.57. The fourth-order valence-electron chi connectivity index (χ4n) is 1.62. The molecule has 0 aliphatic heterocycles. The molecule has 0 saturated carbocycles. The van der Waals surface area contributed by atoms with Gasteiger partial charge in [-0.2, -0.15) is 8.78 Å². The summed E-state index contributed by atoms with van der Waals surface area (Å²) in [4.78, 5) is 7.92. The fourth-order valence-corrected chi connectivity index (χ4v) is 1.62. The van der Waals surface area contributed by atoms with Gasteiger partial charge < -0.3 is 10.6 Å². The van der Waals surface area contributed by atoms with Crippen LogP contribution >= 0.6 is 0 Å². The van der Waals surface area contributed by atoms with Crippen molar-refractivity contribution in [3.05, 3.63) is 18.2 Å². The van der Waals surface area contributed by atoms with Crippen LogP contribution in [0, 0.1) is 0 Å². The van der Waals surface area contributed by atoms with Crippen LogP contribution in [-0.2, 0) is 6.54 Å². The lowest BCUT2D eigenvalue weighted by Crippen LogP contribution is -2.37. The van der Waals surface area contributed by atoms with Crippen molar-refractivity contribution in [2.75, 3.05) is 13.6 Å². The summed E-state index contributed by atoms with van der Waals surface area (Å²) in [5, 5.41) is 6.10. The second-order valence-electron chi connectivity index (χ2n) is 4.09. The molecule has 1 aromatic heterocycles. The number of aliphatic imine (C=N–C) groups is 1. The number of unbranched alkanes of at least 4 members (excludes halogenated alkanes) is 2. The van der Waals surface area contributed by atoms with Crippen molar-refractivity contribution >= 4 is 5.96 Å². The third kappa shape index (κ3) is 5.23. The molecule has 0 amide bonds. The normalized spacial score (nSPS) is 11.9. The Kier molecular flexibility index (Phi) is 6.84. The quantitative estimate of drug-likeness (QED) is 0.454. The van der Waals surface area contributed by atoms with Gasteiger partial charge in [-0.25, -0.2) is 4.98 Å². The zero-order chi connectivity index (χ0) is 14.1. The Bertz CT molecular complexity index is 389. The third-order valence-corrected chi connectivity index (χ3v) is 2.67. The minimum absolute atomic E-state index is 0.213. The second-order valence-corrected chi connectivity index (χ2v) is 4.09. The van der Waals surface area contributed by atoms with Crippen LogP contribution in [0.1, 0.15) is 38.6 Å². The van der Waals surface area contributed by atoms with Crippen LogP contribution in [0.3, 0.4) is 0 Å². The monoisotopic (exact) mass is 273 g/mol. The lowest BCUT2D eigenvalue weighted by molar-refractivity contribution is 0.0668. The van der Waals surface area contributed by atoms with E-state index in [0.717, 1.165) is 30.4 Å². The summed E-state index contributed by atoms with van der Waals surface area (Å²) in [5.41, 5.74) is 0. The van der Waals surface area contributed by atoms with Gasteiger partial charge >= 0.3 is 6.55 Å². The first kappa shape index (κ1) is 15.4. The van der Waals surface area contributed by atoms with E-state index in [2.05, 4.69) is 27.5 Å². The van der Waals surface area contributed by atoms with E-state index in [1.54, 1.807) is 7.05 Å². The highest BCUT2D eigenvalue weighted by atomic mass is 19.3. The highest BCUT2D eigenvalue weighted by Crippen LogP contribution is 2.11. The number of hydrogen-bond donors (Lipinski definition) is 2. The van der Waals surface area contributed by atoms with Crippen LogP contribution in [0.2, 0.25) is 0 Å². The van der Waals surface area contributed by atoms with E-state index in [4.69, 9.17) is 0 Å². The summed E-state index contributed by atoms with van der Waals surface area (Å²) >= 11 is 0. The SMILES string of the molecule is CCCCCNC(=NC)NCc1nccn1C(F)F. The molecule has 0 fully saturated rings. The third-order valence-electron chi connectivity index (χ3n) is 2.67. The molecule has 5 nitrogen and oxygen atoms in total. The molecule has 1 aromatic rings. The standard InChI is InChI=1S/C12H21F2N5/c1-3-4-5-6-17-12(15-2)18-9-10-16-7-8-19(10)11(13)14/h7-8,11H,3-6,9H2,1-2H3,(H2,15,17,18). The summed E-state index contributed by atoms with van der Waals surface area (Å²) in [5.74, 6) is 0.881. The molecule has 0 atom stereocenters. The minimum Gasteiger partial charge on any atom is -0.356 e. The largest absolute Gasteiger partial charge is 0.356 e. The average Bonchev–Trinajstić information content (AvgIpc) is 2.86. The van der Waals surface area contributed by atoms with Crippen molar-refractivity contribution in [1.82, 2.24) is 20.2 Å². The summed E-state index contributed by atoms with van der Waals surface area (Å²) in [6.45, 7) is 0.595. The molecule has 0 aliphatic carbocycles. The predicted molar refractivity (Wildman–Crippen MR) is 71.2 cm³/mol. The summed E-state index contributed by atoms with van der Waals surface area (Å²) in [6.07, 6.45) is 5.99. The number of rotatable bonds is 7. The van der Waals surface area contributed by atoms with E-state index in [1.807, 2.05) is 0 Å². The fraction of sp³-hybridized carbons (Fsp3) is 0.667. The van der Waals surface area contributed by atoms with Gasteiger partial charge in [0.05, 0.1) is 6.54 Å². The van der Waals surface area contributed by atoms with E-state index in [-0.39, 0.29) is 12.4 Å². The van der Waals surface area contributed by atoms with Gasteiger partial charge in [0, 0.05) is 26.0 Å². The molecule has 0 bridgehead atoms. The van der Waals surface area contributed by atoms with Crippen molar-refractivity contribution in [3.63, 3.8) is 0 Å². The van der Waals surface area contributed by atoms with Gasteiger partial charge in [-0.1, -0.05) is 19.8 Å². The number of nitrogens with one attached hydrogen (secondary N) is 2. The van der Waals surface area contributed by atoms with Gasteiger partial charge in [0.1, 0.15) is 5.82 Å². The Hall–Kier alpha value is -1.66. The molecule has 1 heterocycles. The average molecular weight is 273 g/mol. The molecule has 0 aromatic carbocycles. The van der Waals surface area contributed by atoms with Crippen LogP contribution in [0.4, 0.5) is 8.78 Å². The summed E-state index contributed by atoms with van der Waals surface area (Å²) in [6, 6.07) is 0. The first-order valence-corrected chi connectivity index (χ1v) is 6.43. The van der Waals surface area contributed by atoms with Crippen molar-refractivity contribution < 1.29 is 8.78 Å². The number of imidazole rings is 1. The number of aromatic nitrogens is 2. The molecule has 7 heteroatoms. The highest BCUT2D eigenvalue weighted by molar-refractivity contribution is 5.79. The van der Waals surface area contributed by atoms with Gasteiger partial charge in [0.25, 0.3) is 0 Å². The van der Waals surface area contributed by atoms with E-state index in [9.17, 15) is 8.78 Å². The Labute approximate surface area is 112 Å². The zero-order valence-corrected chi connectivity index (χ0v) is 11.4. The molecule has 0 spiro atoms. The topological polar surface area (TPSA) is 54.2 Å². The number of guanidine groups is 1. The Morgan fingerprint density at radius 3 is 2.84 bits per heavy atom. The maximum atomic E-state index is 12.6. The summed E-state index contributed by atoms with van der Waals surface area (Å²) < 4.78 is 26.0. The maximum absolute atomic E-state index is 12.6. The number of nitrogens with zero attached hydrogens (tertiary/aromatic N) is 3. The highest BCUT2D eigenvalue weighted by Gasteiger charge is 2.11. The number of alkyl halides is 2. The van der Waals surface area contributed by atoms with Crippen LogP contribution in [0.5, 0.6) is 0 Å². The molecule has 0 aliphatic rings. The molecule has 0 radical (unpaired) electrons. The first-order chi connectivity index (χ1) is 9.19. The van der Waals surface area contributed by atoms with Crippen LogP contribution in [0.15, 0.2) is 17.4 Å². The number of halogens is 2. The summed E-state index contributed by atoms with van der Waals surface area (Å²) in [7, 11) is 1.65. The van der Waals surface area contributed by atoms with Crippen LogP contribution in [0.25, 0.3) is 0 Å². The molecule has 0 saturated heterocycles. The lowest BCUT2D eigenvalue weighted by atomic mass is 10.2. The van der Waals surface area contributed by atoms with E-state index in [1.165, 1.54) is 12.4 Å². The van der Waals surface area contributed by atoms with Crippen molar-refractivity contribution in [3.8, 4) is 0 Å². The van der Waals surface area contributed by atoms with Gasteiger partial charge in [0.15, 0.2) is 5.96 Å². The molecule has 0 unspecified atom stereocenters. The van der Waals surface area contributed by atoms with E-state index >= 15 is 0 Å². The van der Waals surface area contributed by atoms with Crippen molar-refractivity contribution in [2.24, 2.45) is 4.99 Å². The Morgan fingerprint density at radius 1 is 1.42 bits per heavy atom. The maximum Gasteiger partial charge on any atom is 0.319 e. The second kappa shape index (κ2) is 8.44. The Balaban J connectivity index is 2.38. The van der Waals surface area contributed by atoms with Crippen molar-refractivity contribution in [2.45, 2.75) is 39.3 Å². The smallest absolute Gasteiger partial charge is 0.319 e. The molecule has 1 rings (SSSR count). The van der Waals surface area contributed by atoms with Gasteiger partial charge in [-0.05, 0) is 6.42 Å². The van der Waals surface area contributed by atoms with Crippen LogP contribution in [-0.4, -0.2) is 29.1 Å². The molecule has 19 heavy (non-hydrogen) atoms. The number of hydrogen-bond acceptors (Lipinski definition) is 2. The van der Waals surface area contributed by atoms with E-state index in [0.29, 0.717) is 5.96 Å². The lowest BCUT2D eigenvalue weighted by Gasteiger charge is -2.12.